The number of carbonyl (C=O) groups excluding carboxylic acids is 1. The van der Waals surface area contributed by atoms with Crippen LogP contribution in [0.4, 0.5) is 0 Å². The molecule has 0 radical (unpaired) electrons. The summed E-state index contributed by atoms with van der Waals surface area (Å²) in [6.45, 7) is 0.572. The molecule has 1 rings (SSSR count). The molecule has 0 atom stereocenters. The summed E-state index contributed by atoms with van der Waals surface area (Å²) >= 11 is 0. The molecule has 0 saturated heterocycles. The van der Waals surface area contributed by atoms with Crippen molar-refractivity contribution in [2.75, 3.05) is 33.4 Å². The third kappa shape index (κ3) is 3.35. The van der Waals surface area contributed by atoms with Crippen molar-refractivity contribution < 1.29 is 24.9 Å². The predicted molar refractivity (Wildman–Crippen MR) is 64.6 cm³/mol. The minimum absolute atomic E-state index is 0.000414. The number of aliphatic hydroxyl groups is 1. The first-order valence-corrected chi connectivity index (χ1v) is 5.51. The van der Waals surface area contributed by atoms with E-state index in [2.05, 4.69) is 0 Å². The van der Waals surface area contributed by atoms with Crippen molar-refractivity contribution in [3.63, 3.8) is 0 Å². The Morgan fingerprint density at radius 2 is 2.06 bits per heavy atom. The summed E-state index contributed by atoms with van der Waals surface area (Å²) in [5.41, 5.74) is -0.000414. The van der Waals surface area contributed by atoms with Crippen LogP contribution in [0.5, 0.6) is 11.5 Å². The lowest BCUT2D eigenvalue weighted by molar-refractivity contribution is 0.0653. The van der Waals surface area contributed by atoms with E-state index in [-0.39, 0.29) is 24.5 Å². The molecule has 0 saturated carbocycles. The lowest BCUT2D eigenvalue weighted by Crippen LogP contribution is -2.36. The molecule has 0 aliphatic carbocycles. The molecule has 0 spiro atoms. The van der Waals surface area contributed by atoms with Crippen molar-refractivity contribution in [3.8, 4) is 11.5 Å². The zero-order valence-electron chi connectivity index (χ0n) is 10.2. The van der Waals surface area contributed by atoms with Gasteiger partial charge in [-0.05, 0) is 12.1 Å². The van der Waals surface area contributed by atoms with Gasteiger partial charge in [0.05, 0.1) is 18.8 Å². The average molecular weight is 255 g/mol. The van der Waals surface area contributed by atoms with Crippen LogP contribution in [0.2, 0.25) is 0 Å². The molecule has 1 aromatic carbocycles. The quantitative estimate of drug-likeness (QED) is 0.631. The number of benzene rings is 1. The Kier molecular flexibility index (Phi) is 5.41. The Morgan fingerprint density at radius 3 is 2.67 bits per heavy atom. The highest BCUT2D eigenvalue weighted by atomic mass is 16.5. The van der Waals surface area contributed by atoms with Gasteiger partial charge >= 0.3 is 0 Å². The Hall–Kier alpha value is -1.79. The third-order valence-electron chi connectivity index (χ3n) is 2.47. The van der Waals surface area contributed by atoms with Gasteiger partial charge in [-0.25, -0.2) is 0 Å². The lowest BCUT2D eigenvalue weighted by atomic mass is 10.1. The van der Waals surface area contributed by atoms with E-state index >= 15 is 0 Å². The topological polar surface area (TPSA) is 90.2 Å². The van der Waals surface area contributed by atoms with Gasteiger partial charge in [-0.3, -0.25) is 4.79 Å². The molecule has 3 N–H and O–H groups in total. The number of rotatable bonds is 6. The second-order valence-electron chi connectivity index (χ2n) is 3.68. The van der Waals surface area contributed by atoms with E-state index in [9.17, 15) is 15.0 Å². The van der Waals surface area contributed by atoms with E-state index in [4.69, 9.17) is 9.84 Å². The number of para-hydroxylation sites is 1. The van der Waals surface area contributed by atoms with Gasteiger partial charge in [0.25, 0.3) is 5.91 Å². The second kappa shape index (κ2) is 6.83. The monoisotopic (exact) mass is 255 g/mol. The van der Waals surface area contributed by atoms with Crippen LogP contribution in [0, 0.1) is 0 Å². The van der Waals surface area contributed by atoms with Gasteiger partial charge in [-0.1, -0.05) is 6.07 Å². The summed E-state index contributed by atoms with van der Waals surface area (Å²) in [5.74, 6) is -1.27. The molecule has 1 amide bonds. The van der Waals surface area contributed by atoms with Crippen molar-refractivity contribution in [2.24, 2.45) is 0 Å². The first-order valence-electron chi connectivity index (χ1n) is 5.51. The van der Waals surface area contributed by atoms with Gasteiger partial charge in [0, 0.05) is 20.2 Å². The number of hydrogen-bond acceptors (Lipinski definition) is 5. The van der Waals surface area contributed by atoms with Crippen molar-refractivity contribution in [2.45, 2.75) is 0 Å². The van der Waals surface area contributed by atoms with Crippen molar-refractivity contribution >= 4 is 5.91 Å². The molecule has 0 aliphatic rings. The van der Waals surface area contributed by atoms with Crippen LogP contribution in [-0.2, 0) is 4.74 Å². The number of phenolic OH excluding ortho intramolecular Hbond substituents is 2. The van der Waals surface area contributed by atoms with Crippen LogP contribution in [0.3, 0.4) is 0 Å². The Morgan fingerprint density at radius 1 is 1.33 bits per heavy atom. The number of nitrogens with zero attached hydrogens (tertiary/aromatic N) is 1. The average Bonchev–Trinajstić information content (AvgIpc) is 2.37. The molecule has 0 heterocycles. The standard InChI is InChI=1S/C12H17NO5/c1-18-8-6-13(5-7-14)12(17)9-3-2-4-10(15)11(9)16/h2-4,14-16H,5-8H2,1H3. The van der Waals surface area contributed by atoms with Gasteiger partial charge in [-0.15, -0.1) is 0 Å². The molecule has 0 aliphatic heterocycles. The molecule has 6 nitrogen and oxygen atoms in total. The number of ether oxygens (including phenoxy) is 1. The maximum atomic E-state index is 12.1. The number of phenols is 2. The fourth-order valence-corrected chi connectivity index (χ4v) is 1.51. The smallest absolute Gasteiger partial charge is 0.257 e. The van der Waals surface area contributed by atoms with E-state index in [0.717, 1.165) is 0 Å². The van der Waals surface area contributed by atoms with Gasteiger partial charge in [0.2, 0.25) is 0 Å². The zero-order valence-corrected chi connectivity index (χ0v) is 10.2. The Labute approximate surface area is 105 Å². The number of hydrogen-bond donors (Lipinski definition) is 3. The van der Waals surface area contributed by atoms with Crippen molar-refractivity contribution in [3.05, 3.63) is 23.8 Å². The van der Waals surface area contributed by atoms with Gasteiger partial charge in [0.15, 0.2) is 11.5 Å². The number of carbonyl (C=O) groups is 1. The van der Waals surface area contributed by atoms with E-state index < -0.39 is 11.7 Å². The lowest BCUT2D eigenvalue weighted by Gasteiger charge is -2.21. The number of aromatic hydroxyl groups is 2. The van der Waals surface area contributed by atoms with Crippen molar-refractivity contribution in [1.29, 1.82) is 0 Å². The molecule has 100 valence electrons. The summed E-state index contributed by atoms with van der Waals surface area (Å²) in [6.07, 6.45) is 0. The predicted octanol–water partition coefficient (Wildman–Crippen LogP) is 0.179. The molecule has 0 aromatic heterocycles. The Balaban J connectivity index is 2.90. The van der Waals surface area contributed by atoms with Crippen LogP contribution in [0.1, 0.15) is 10.4 Å². The van der Waals surface area contributed by atoms with Crippen LogP contribution in [0.25, 0.3) is 0 Å². The first-order chi connectivity index (χ1) is 8.61. The largest absolute Gasteiger partial charge is 0.504 e. The highest BCUT2D eigenvalue weighted by Crippen LogP contribution is 2.28. The van der Waals surface area contributed by atoms with E-state index in [0.29, 0.717) is 13.2 Å². The second-order valence-corrected chi connectivity index (χ2v) is 3.68. The van der Waals surface area contributed by atoms with Crippen LogP contribution < -0.4 is 0 Å². The molecule has 18 heavy (non-hydrogen) atoms. The number of methoxy groups -OCH3 is 1. The molecule has 0 fully saturated rings. The minimum Gasteiger partial charge on any atom is -0.504 e. The molecule has 1 aromatic rings. The summed E-state index contributed by atoms with van der Waals surface area (Å²) in [7, 11) is 1.51. The summed E-state index contributed by atoms with van der Waals surface area (Å²) in [6, 6.07) is 4.17. The summed E-state index contributed by atoms with van der Waals surface area (Å²) in [5, 5.41) is 27.9. The SMILES string of the molecule is COCCN(CCO)C(=O)c1cccc(O)c1O. The van der Waals surface area contributed by atoms with E-state index in [1.807, 2.05) is 0 Å². The fourth-order valence-electron chi connectivity index (χ4n) is 1.51. The molecular weight excluding hydrogens is 238 g/mol. The van der Waals surface area contributed by atoms with Gasteiger partial charge in [0.1, 0.15) is 0 Å². The maximum absolute atomic E-state index is 12.1. The zero-order chi connectivity index (χ0) is 13.5. The number of aliphatic hydroxyl groups excluding tert-OH is 1. The first kappa shape index (κ1) is 14.3. The summed E-state index contributed by atoms with van der Waals surface area (Å²) < 4.78 is 4.87. The molecular formula is C12H17NO5. The molecule has 0 bridgehead atoms. The van der Waals surface area contributed by atoms with E-state index in [1.54, 1.807) is 0 Å². The van der Waals surface area contributed by atoms with Crippen molar-refractivity contribution in [1.82, 2.24) is 4.90 Å². The molecule has 0 unspecified atom stereocenters. The molecule has 6 heteroatoms. The van der Waals surface area contributed by atoms with Crippen LogP contribution in [0.15, 0.2) is 18.2 Å². The fraction of sp³-hybridized carbons (Fsp3) is 0.417. The highest BCUT2D eigenvalue weighted by Gasteiger charge is 2.19. The minimum atomic E-state index is -0.463. The summed E-state index contributed by atoms with van der Waals surface area (Å²) in [4.78, 5) is 13.4. The van der Waals surface area contributed by atoms with Gasteiger partial charge < -0.3 is 25.0 Å². The van der Waals surface area contributed by atoms with Gasteiger partial charge in [-0.2, -0.15) is 0 Å². The number of amides is 1. The maximum Gasteiger partial charge on any atom is 0.257 e. The van der Waals surface area contributed by atoms with E-state index in [1.165, 1.54) is 30.2 Å². The normalized spacial score (nSPS) is 10.3. The third-order valence-corrected chi connectivity index (χ3v) is 2.47. The Bertz CT molecular complexity index is 407. The highest BCUT2D eigenvalue weighted by molar-refractivity contribution is 5.97. The van der Waals surface area contributed by atoms with Crippen LogP contribution >= 0.6 is 0 Å². The van der Waals surface area contributed by atoms with Crippen LogP contribution in [-0.4, -0.2) is 59.5 Å².